The smallest absolute Gasteiger partial charge is 0.275 e. The molecule has 6 heteroatoms. The highest BCUT2D eigenvalue weighted by atomic mass is 35.5. The summed E-state index contributed by atoms with van der Waals surface area (Å²) in [6.07, 6.45) is 3.55. The molecule has 1 aliphatic heterocycles. The molecule has 150 valence electrons. The molecular formula is C23H24ClN3O2. The standard InChI is InChI=1S/C23H24ClN3O2/c1-16-11-13-23(14-12-16)26-21(17-5-3-2-4-6-17)22(29)27(23)15-20(28)25-19-9-7-18(24)8-10-19/h2-10,16H,11-15H2,1H3,(H,25,28). The summed E-state index contributed by atoms with van der Waals surface area (Å²) < 4.78 is 0. The van der Waals surface area contributed by atoms with Gasteiger partial charge in [-0.3, -0.25) is 14.6 Å². The van der Waals surface area contributed by atoms with E-state index in [0.717, 1.165) is 31.2 Å². The molecule has 2 aromatic carbocycles. The Bertz CT molecular complexity index is 932. The van der Waals surface area contributed by atoms with Crippen LogP contribution in [0.4, 0.5) is 5.69 Å². The van der Waals surface area contributed by atoms with Crippen LogP contribution >= 0.6 is 11.6 Å². The molecule has 1 heterocycles. The zero-order chi connectivity index (χ0) is 20.4. The highest BCUT2D eigenvalue weighted by Crippen LogP contribution is 2.41. The van der Waals surface area contributed by atoms with Crippen molar-refractivity contribution in [2.24, 2.45) is 10.9 Å². The fourth-order valence-corrected chi connectivity index (χ4v) is 4.25. The van der Waals surface area contributed by atoms with Gasteiger partial charge in [-0.25, -0.2) is 0 Å². The van der Waals surface area contributed by atoms with Crippen molar-refractivity contribution < 1.29 is 9.59 Å². The second kappa shape index (κ2) is 7.99. The van der Waals surface area contributed by atoms with Crippen LogP contribution < -0.4 is 5.32 Å². The van der Waals surface area contributed by atoms with Gasteiger partial charge in [-0.2, -0.15) is 0 Å². The predicted molar refractivity (Wildman–Crippen MR) is 115 cm³/mol. The molecule has 29 heavy (non-hydrogen) atoms. The van der Waals surface area contributed by atoms with Gasteiger partial charge in [0.2, 0.25) is 5.91 Å². The number of rotatable bonds is 4. The first-order valence-electron chi connectivity index (χ1n) is 9.99. The van der Waals surface area contributed by atoms with Crippen molar-refractivity contribution in [3.05, 3.63) is 65.2 Å². The van der Waals surface area contributed by atoms with Crippen molar-refractivity contribution in [1.82, 2.24) is 4.90 Å². The van der Waals surface area contributed by atoms with E-state index in [1.165, 1.54) is 0 Å². The molecule has 1 N–H and O–H groups in total. The van der Waals surface area contributed by atoms with Gasteiger partial charge in [0, 0.05) is 16.3 Å². The first-order valence-corrected chi connectivity index (χ1v) is 10.4. The molecule has 1 fully saturated rings. The third-order valence-electron chi connectivity index (χ3n) is 5.82. The van der Waals surface area contributed by atoms with Crippen LogP contribution in [0.3, 0.4) is 0 Å². The number of carbonyl (C=O) groups excluding carboxylic acids is 2. The maximum atomic E-state index is 13.3. The van der Waals surface area contributed by atoms with Gasteiger partial charge in [0.1, 0.15) is 17.9 Å². The second-order valence-corrected chi connectivity index (χ2v) is 8.37. The van der Waals surface area contributed by atoms with E-state index in [1.807, 2.05) is 30.3 Å². The Hall–Kier alpha value is -2.66. The van der Waals surface area contributed by atoms with E-state index in [-0.39, 0.29) is 18.4 Å². The number of amides is 2. The molecule has 0 atom stereocenters. The molecule has 0 bridgehead atoms. The van der Waals surface area contributed by atoms with Gasteiger partial charge in [-0.05, 0) is 55.9 Å². The van der Waals surface area contributed by atoms with Crippen LogP contribution in [0.1, 0.15) is 38.2 Å². The number of hydrogen-bond acceptors (Lipinski definition) is 3. The molecule has 1 spiro atoms. The molecule has 0 radical (unpaired) electrons. The molecule has 2 aliphatic rings. The van der Waals surface area contributed by atoms with E-state index >= 15 is 0 Å². The number of hydrogen-bond donors (Lipinski definition) is 1. The molecule has 2 amide bonds. The molecule has 0 saturated heterocycles. The van der Waals surface area contributed by atoms with Gasteiger partial charge in [0.15, 0.2) is 0 Å². The summed E-state index contributed by atoms with van der Waals surface area (Å²) in [7, 11) is 0. The molecule has 1 aliphatic carbocycles. The molecule has 1 saturated carbocycles. The normalized spacial score (nSPS) is 23.9. The van der Waals surface area contributed by atoms with Gasteiger partial charge in [-0.15, -0.1) is 0 Å². The number of nitrogens with zero attached hydrogens (tertiary/aromatic N) is 2. The minimum Gasteiger partial charge on any atom is -0.325 e. The largest absolute Gasteiger partial charge is 0.325 e. The lowest BCUT2D eigenvalue weighted by Gasteiger charge is -2.40. The predicted octanol–water partition coefficient (Wildman–Crippen LogP) is 4.52. The average molecular weight is 410 g/mol. The minimum absolute atomic E-state index is 0.0182. The first-order chi connectivity index (χ1) is 14.0. The molecule has 0 unspecified atom stereocenters. The number of anilines is 1. The summed E-state index contributed by atoms with van der Waals surface area (Å²) in [4.78, 5) is 32.6. The summed E-state index contributed by atoms with van der Waals surface area (Å²) in [5.74, 6) is 0.205. The van der Waals surface area contributed by atoms with Crippen molar-refractivity contribution in [2.45, 2.75) is 38.3 Å². The quantitative estimate of drug-likeness (QED) is 0.807. The number of nitrogens with one attached hydrogen (secondary N) is 1. The van der Waals surface area contributed by atoms with Crippen molar-refractivity contribution in [3.63, 3.8) is 0 Å². The number of aliphatic imine (C=N–C) groups is 1. The van der Waals surface area contributed by atoms with Gasteiger partial charge >= 0.3 is 0 Å². The van der Waals surface area contributed by atoms with E-state index in [0.29, 0.717) is 22.3 Å². The van der Waals surface area contributed by atoms with E-state index in [4.69, 9.17) is 16.6 Å². The molecule has 4 rings (SSSR count). The number of halogens is 1. The van der Waals surface area contributed by atoms with Crippen LogP contribution in [0.5, 0.6) is 0 Å². The summed E-state index contributed by atoms with van der Waals surface area (Å²) in [5, 5.41) is 3.47. The molecule has 5 nitrogen and oxygen atoms in total. The lowest BCUT2D eigenvalue weighted by Crippen LogP contribution is -2.51. The topological polar surface area (TPSA) is 61.8 Å². The molecular weight excluding hydrogens is 386 g/mol. The van der Waals surface area contributed by atoms with E-state index in [2.05, 4.69) is 12.2 Å². The van der Waals surface area contributed by atoms with Crippen molar-refractivity contribution in [2.75, 3.05) is 11.9 Å². The van der Waals surface area contributed by atoms with Crippen LogP contribution in [-0.2, 0) is 9.59 Å². The molecule has 2 aromatic rings. The maximum Gasteiger partial charge on any atom is 0.275 e. The Morgan fingerprint density at radius 3 is 2.45 bits per heavy atom. The number of carbonyl (C=O) groups is 2. The Morgan fingerprint density at radius 1 is 1.14 bits per heavy atom. The SMILES string of the molecule is CC1CCC2(CC1)N=C(c1ccccc1)C(=O)N2CC(=O)Nc1ccc(Cl)cc1. The first kappa shape index (κ1) is 19.6. The Morgan fingerprint density at radius 2 is 1.79 bits per heavy atom. The van der Waals surface area contributed by atoms with Gasteiger partial charge in [-0.1, -0.05) is 48.9 Å². The summed E-state index contributed by atoms with van der Waals surface area (Å²) in [5.41, 5.74) is 1.30. The average Bonchev–Trinajstić information content (AvgIpc) is 2.99. The van der Waals surface area contributed by atoms with Gasteiger partial charge in [0.05, 0.1) is 0 Å². The molecule has 0 aromatic heterocycles. The lowest BCUT2D eigenvalue weighted by molar-refractivity contribution is -0.134. The van der Waals surface area contributed by atoms with Crippen molar-refractivity contribution in [1.29, 1.82) is 0 Å². The van der Waals surface area contributed by atoms with Crippen LogP contribution in [0.25, 0.3) is 0 Å². The van der Waals surface area contributed by atoms with Gasteiger partial charge in [0.25, 0.3) is 5.91 Å². The van der Waals surface area contributed by atoms with E-state index < -0.39 is 5.66 Å². The van der Waals surface area contributed by atoms with Crippen LogP contribution in [-0.4, -0.2) is 34.6 Å². The van der Waals surface area contributed by atoms with Gasteiger partial charge < -0.3 is 10.2 Å². The lowest BCUT2D eigenvalue weighted by atomic mass is 9.82. The summed E-state index contributed by atoms with van der Waals surface area (Å²) in [6.45, 7) is 2.21. The van der Waals surface area contributed by atoms with Crippen LogP contribution in [0, 0.1) is 5.92 Å². The third-order valence-corrected chi connectivity index (χ3v) is 6.07. The summed E-state index contributed by atoms with van der Waals surface area (Å²) >= 11 is 5.91. The Kier molecular flexibility index (Phi) is 5.41. The zero-order valence-corrected chi connectivity index (χ0v) is 17.2. The monoisotopic (exact) mass is 409 g/mol. The Balaban J connectivity index is 1.58. The third kappa shape index (κ3) is 4.06. The van der Waals surface area contributed by atoms with Crippen LogP contribution in [0.2, 0.25) is 5.02 Å². The van der Waals surface area contributed by atoms with Crippen molar-refractivity contribution >= 4 is 34.8 Å². The van der Waals surface area contributed by atoms with E-state index in [1.54, 1.807) is 29.2 Å². The summed E-state index contributed by atoms with van der Waals surface area (Å²) in [6, 6.07) is 16.4. The zero-order valence-electron chi connectivity index (χ0n) is 16.4. The fraction of sp³-hybridized carbons (Fsp3) is 0.348. The Labute approximate surface area is 175 Å². The van der Waals surface area contributed by atoms with Crippen LogP contribution in [0.15, 0.2) is 59.6 Å². The minimum atomic E-state index is -0.619. The number of benzene rings is 2. The van der Waals surface area contributed by atoms with Crippen molar-refractivity contribution in [3.8, 4) is 0 Å². The van der Waals surface area contributed by atoms with E-state index in [9.17, 15) is 9.59 Å². The highest BCUT2D eigenvalue weighted by Gasteiger charge is 2.49. The highest BCUT2D eigenvalue weighted by molar-refractivity contribution is 6.47. The second-order valence-electron chi connectivity index (χ2n) is 7.94. The maximum absolute atomic E-state index is 13.3. The fourth-order valence-electron chi connectivity index (χ4n) is 4.12.